The number of ether oxygens (including phenoxy) is 1. The summed E-state index contributed by atoms with van der Waals surface area (Å²) in [5, 5.41) is 12.0. The van der Waals surface area contributed by atoms with E-state index in [1.165, 1.54) is 4.90 Å². The van der Waals surface area contributed by atoms with Gasteiger partial charge in [0.2, 0.25) is 0 Å². The molecule has 1 aromatic rings. The number of urea groups is 1. The number of carboxylic acids is 1. The molecule has 0 saturated carbocycles. The topological polar surface area (TPSA) is 78.9 Å². The lowest BCUT2D eigenvalue weighted by Crippen LogP contribution is -2.42. The molecule has 0 aliphatic carbocycles. The second-order valence-electron chi connectivity index (χ2n) is 4.66. The molecule has 1 rings (SSSR count). The maximum Gasteiger partial charge on any atom is 0.317 e. The first-order chi connectivity index (χ1) is 9.90. The number of carboxylic acid groups (broad SMARTS) is 1. The van der Waals surface area contributed by atoms with Crippen LogP contribution in [0.25, 0.3) is 0 Å². The molecule has 0 saturated heterocycles. The molecule has 0 heterocycles. The van der Waals surface area contributed by atoms with Crippen molar-refractivity contribution in [1.82, 2.24) is 10.2 Å². The molecule has 0 radical (unpaired) electrons. The molecule has 1 atom stereocenters. The third-order valence-electron chi connectivity index (χ3n) is 2.76. The van der Waals surface area contributed by atoms with E-state index in [1.54, 1.807) is 38.2 Å². The van der Waals surface area contributed by atoms with Gasteiger partial charge in [0.25, 0.3) is 0 Å². The van der Waals surface area contributed by atoms with Gasteiger partial charge in [-0.05, 0) is 18.2 Å². The molecule has 2 amide bonds. The summed E-state index contributed by atoms with van der Waals surface area (Å²) in [5.41, 5.74) is 0. The summed E-state index contributed by atoms with van der Waals surface area (Å²) in [4.78, 5) is 23.8. The molecule has 0 fully saturated rings. The molecule has 0 aromatic heterocycles. The van der Waals surface area contributed by atoms with Gasteiger partial charge >= 0.3 is 12.0 Å². The highest BCUT2D eigenvalue weighted by molar-refractivity contribution is 6.30. The van der Waals surface area contributed by atoms with Gasteiger partial charge in [-0.25, -0.2) is 4.79 Å². The molecule has 6 nitrogen and oxygen atoms in total. The van der Waals surface area contributed by atoms with Crippen molar-refractivity contribution >= 4 is 23.6 Å². The lowest BCUT2D eigenvalue weighted by Gasteiger charge is -2.20. The molecule has 0 spiro atoms. The van der Waals surface area contributed by atoms with E-state index in [0.29, 0.717) is 23.9 Å². The van der Waals surface area contributed by atoms with Crippen LogP contribution in [0.2, 0.25) is 5.02 Å². The summed E-state index contributed by atoms with van der Waals surface area (Å²) in [7, 11) is 1.55. The van der Waals surface area contributed by atoms with Crippen LogP contribution in [0, 0.1) is 5.92 Å². The van der Waals surface area contributed by atoms with Crippen LogP contribution in [0.3, 0.4) is 0 Å². The third kappa shape index (κ3) is 6.35. The Balaban J connectivity index is 2.25. The molecule has 0 bridgehead atoms. The molecule has 1 unspecified atom stereocenters. The second-order valence-corrected chi connectivity index (χ2v) is 5.09. The largest absolute Gasteiger partial charge is 0.492 e. The molecular weight excluding hydrogens is 296 g/mol. The summed E-state index contributed by atoms with van der Waals surface area (Å²) in [6.45, 7) is 2.32. The number of halogens is 1. The van der Waals surface area contributed by atoms with Gasteiger partial charge in [-0.1, -0.05) is 24.6 Å². The Morgan fingerprint density at radius 2 is 2.19 bits per heavy atom. The minimum Gasteiger partial charge on any atom is -0.492 e. The molecule has 2 N–H and O–H groups in total. The van der Waals surface area contributed by atoms with Crippen LogP contribution < -0.4 is 10.1 Å². The second kappa shape index (κ2) is 8.36. The van der Waals surface area contributed by atoms with Crippen molar-refractivity contribution in [2.45, 2.75) is 6.92 Å². The highest BCUT2D eigenvalue weighted by atomic mass is 35.5. The average molecular weight is 315 g/mol. The minimum atomic E-state index is -0.932. The lowest BCUT2D eigenvalue weighted by molar-refractivity contribution is -0.141. The van der Waals surface area contributed by atoms with E-state index in [2.05, 4.69) is 5.32 Å². The number of rotatable bonds is 7. The van der Waals surface area contributed by atoms with Gasteiger partial charge in [-0.3, -0.25) is 4.79 Å². The summed E-state index contributed by atoms with van der Waals surface area (Å²) in [6.07, 6.45) is 0. The van der Waals surface area contributed by atoms with E-state index in [0.717, 1.165) is 0 Å². The van der Waals surface area contributed by atoms with Crippen molar-refractivity contribution in [2.24, 2.45) is 5.92 Å². The number of carbonyl (C=O) groups is 2. The van der Waals surface area contributed by atoms with Crippen LogP contribution in [-0.4, -0.2) is 48.8 Å². The maximum atomic E-state index is 11.7. The van der Waals surface area contributed by atoms with Crippen molar-refractivity contribution in [1.29, 1.82) is 0 Å². The number of hydrogen-bond acceptors (Lipinski definition) is 3. The van der Waals surface area contributed by atoms with Gasteiger partial charge in [0.05, 0.1) is 12.5 Å². The normalized spacial score (nSPS) is 11.6. The Morgan fingerprint density at radius 3 is 2.81 bits per heavy atom. The molecule has 116 valence electrons. The Hall–Kier alpha value is -1.95. The zero-order valence-electron chi connectivity index (χ0n) is 12.0. The molecule has 0 aliphatic rings. The number of hydrogen-bond donors (Lipinski definition) is 2. The van der Waals surface area contributed by atoms with Gasteiger partial charge in [-0.2, -0.15) is 0 Å². The lowest BCUT2D eigenvalue weighted by atomic mass is 10.2. The first-order valence-corrected chi connectivity index (χ1v) is 6.88. The maximum absolute atomic E-state index is 11.7. The minimum absolute atomic E-state index is 0.149. The van der Waals surface area contributed by atoms with Gasteiger partial charge in [0.1, 0.15) is 12.4 Å². The van der Waals surface area contributed by atoms with Crippen LogP contribution in [0.5, 0.6) is 5.75 Å². The van der Waals surface area contributed by atoms with Crippen LogP contribution >= 0.6 is 11.6 Å². The van der Waals surface area contributed by atoms with E-state index < -0.39 is 11.9 Å². The van der Waals surface area contributed by atoms with Crippen molar-refractivity contribution in [3.8, 4) is 5.75 Å². The number of aliphatic carboxylic acids is 1. The zero-order chi connectivity index (χ0) is 15.8. The average Bonchev–Trinajstić information content (AvgIpc) is 2.43. The van der Waals surface area contributed by atoms with Crippen LogP contribution in [0.1, 0.15) is 6.92 Å². The Morgan fingerprint density at radius 1 is 1.48 bits per heavy atom. The van der Waals surface area contributed by atoms with Crippen LogP contribution in [-0.2, 0) is 4.79 Å². The number of nitrogens with one attached hydrogen (secondary N) is 1. The molecule has 7 heteroatoms. The van der Waals surface area contributed by atoms with E-state index in [4.69, 9.17) is 21.4 Å². The van der Waals surface area contributed by atoms with Gasteiger partial charge in [-0.15, -0.1) is 0 Å². The van der Waals surface area contributed by atoms with Crippen molar-refractivity contribution in [3.63, 3.8) is 0 Å². The summed E-state index contributed by atoms with van der Waals surface area (Å²) in [6, 6.07) is 6.64. The van der Waals surface area contributed by atoms with Gasteiger partial charge in [0, 0.05) is 18.6 Å². The number of carbonyl (C=O) groups excluding carboxylic acids is 1. The highest BCUT2D eigenvalue weighted by Gasteiger charge is 2.16. The summed E-state index contributed by atoms with van der Waals surface area (Å²) >= 11 is 5.82. The Kier molecular flexibility index (Phi) is 6.81. The van der Waals surface area contributed by atoms with E-state index in [-0.39, 0.29) is 12.6 Å². The first kappa shape index (κ1) is 17.1. The number of nitrogens with zero attached hydrogens (tertiary/aromatic N) is 1. The highest BCUT2D eigenvalue weighted by Crippen LogP contribution is 2.16. The quantitative estimate of drug-likeness (QED) is 0.755. The first-order valence-electron chi connectivity index (χ1n) is 6.50. The number of amides is 2. The van der Waals surface area contributed by atoms with Gasteiger partial charge in [0.15, 0.2) is 0 Å². The number of benzene rings is 1. The van der Waals surface area contributed by atoms with Crippen molar-refractivity contribution in [3.05, 3.63) is 29.3 Å². The fourth-order valence-corrected chi connectivity index (χ4v) is 1.77. The van der Waals surface area contributed by atoms with Crippen molar-refractivity contribution in [2.75, 3.05) is 26.7 Å². The zero-order valence-corrected chi connectivity index (χ0v) is 12.8. The van der Waals surface area contributed by atoms with Crippen LogP contribution in [0.15, 0.2) is 24.3 Å². The fourth-order valence-electron chi connectivity index (χ4n) is 1.59. The standard InChI is InChI=1S/C14H19ClN2O4/c1-10(13(18)19)9-17(2)14(20)16-6-7-21-12-5-3-4-11(15)8-12/h3-5,8,10H,6-7,9H2,1-2H3,(H,16,20)(H,18,19). The molecular formula is C14H19ClN2O4. The fraction of sp³-hybridized carbons (Fsp3) is 0.429. The Labute approximate surface area is 128 Å². The summed E-state index contributed by atoms with van der Waals surface area (Å²) in [5.74, 6) is -0.910. The monoisotopic (exact) mass is 314 g/mol. The SMILES string of the molecule is CC(CN(C)C(=O)NCCOc1cccc(Cl)c1)C(=O)O. The van der Waals surface area contributed by atoms with E-state index in [9.17, 15) is 9.59 Å². The van der Waals surface area contributed by atoms with E-state index >= 15 is 0 Å². The smallest absolute Gasteiger partial charge is 0.317 e. The summed E-state index contributed by atoms with van der Waals surface area (Å²) < 4.78 is 5.42. The van der Waals surface area contributed by atoms with Gasteiger partial charge < -0.3 is 20.1 Å². The predicted octanol–water partition coefficient (Wildman–Crippen LogP) is 2.08. The molecule has 0 aliphatic heterocycles. The Bertz CT molecular complexity index is 496. The van der Waals surface area contributed by atoms with Crippen molar-refractivity contribution < 1.29 is 19.4 Å². The molecule has 21 heavy (non-hydrogen) atoms. The predicted molar refractivity (Wildman–Crippen MR) is 79.8 cm³/mol. The van der Waals surface area contributed by atoms with E-state index in [1.807, 2.05) is 0 Å². The third-order valence-corrected chi connectivity index (χ3v) is 2.99. The van der Waals surface area contributed by atoms with Crippen LogP contribution in [0.4, 0.5) is 4.79 Å². The molecule has 1 aromatic carbocycles.